The molecule has 236 valence electrons. The molecule has 0 saturated heterocycles. The van der Waals surface area contributed by atoms with Crippen LogP contribution in [0, 0.1) is 0 Å². The normalized spacial score (nSPS) is 13.7. The highest BCUT2D eigenvalue weighted by Gasteiger charge is 2.29. The Morgan fingerprint density at radius 3 is 1.13 bits per heavy atom. The van der Waals surface area contributed by atoms with Gasteiger partial charge in [-0.3, -0.25) is 4.79 Å². The zero-order valence-corrected chi connectivity index (χ0v) is 27.2. The molecule has 0 fully saturated rings. The van der Waals surface area contributed by atoms with E-state index in [4.69, 9.17) is 14.2 Å². The number of aliphatic hydroxyl groups is 3. The van der Waals surface area contributed by atoms with E-state index in [9.17, 15) is 20.1 Å². The molecule has 9 heteroatoms. The number of benzene rings is 5. The fraction of sp³-hybridized carbons (Fsp3) is 0.162. The van der Waals surface area contributed by atoms with Crippen molar-refractivity contribution in [2.24, 2.45) is 0 Å². The van der Waals surface area contributed by atoms with E-state index in [2.05, 4.69) is 24.3 Å². The quantitative estimate of drug-likeness (QED) is 0.0689. The smallest absolute Gasteiger partial charge is 0.194 e. The number of carbonyl (C=O) groups excluding carboxylic acids is 1. The maximum atomic E-state index is 13.0. The Morgan fingerprint density at radius 2 is 0.783 bits per heavy atom. The van der Waals surface area contributed by atoms with Gasteiger partial charge >= 0.3 is 0 Å². The molecule has 46 heavy (non-hydrogen) atoms. The van der Waals surface area contributed by atoms with Crippen molar-refractivity contribution in [2.45, 2.75) is 64.1 Å². The van der Waals surface area contributed by atoms with Crippen LogP contribution in [0.3, 0.4) is 0 Å². The van der Waals surface area contributed by atoms with Crippen molar-refractivity contribution < 1.29 is 34.3 Å². The third kappa shape index (κ3) is 8.93. The van der Waals surface area contributed by atoms with Gasteiger partial charge in [-0.2, -0.15) is 0 Å². The molecule has 3 N–H and O–H groups in total. The summed E-state index contributed by atoms with van der Waals surface area (Å²) in [6.07, 6.45) is -2.72. The summed E-state index contributed by atoms with van der Waals surface area (Å²) in [5, 5.41) is 28.6. The molecular formula is C37H35O7S2+. The molecule has 7 nitrogen and oxygen atoms in total. The number of aliphatic hydroxyl groups excluding tert-OH is 3. The number of ketones is 1. The molecule has 0 bridgehead atoms. The molecule has 0 aliphatic rings. The number of ether oxygens (including phenoxy) is 3. The molecule has 0 aliphatic heterocycles. The van der Waals surface area contributed by atoms with Crippen molar-refractivity contribution in [1.29, 1.82) is 0 Å². The van der Waals surface area contributed by atoms with Crippen LogP contribution in [0.4, 0.5) is 0 Å². The van der Waals surface area contributed by atoms with E-state index in [0.29, 0.717) is 28.4 Å². The van der Waals surface area contributed by atoms with Crippen LogP contribution in [0.15, 0.2) is 146 Å². The molecule has 3 atom stereocenters. The van der Waals surface area contributed by atoms with Crippen LogP contribution in [-0.4, -0.2) is 40.0 Å². The van der Waals surface area contributed by atoms with Gasteiger partial charge in [-0.1, -0.05) is 11.8 Å². The summed E-state index contributed by atoms with van der Waals surface area (Å²) in [6.45, 7) is 4.67. The van der Waals surface area contributed by atoms with E-state index in [1.165, 1.54) is 6.92 Å². The van der Waals surface area contributed by atoms with E-state index in [-0.39, 0.29) is 5.78 Å². The predicted octanol–water partition coefficient (Wildman–Crippen LogP) is 7.32. The molecule has 5 aromatic rings. The Bertz CT molecular complexity index is 1650. The van der Waals surface area contributed by atoms with Gasteiger partial charge in [0.05, 0.1) is 10.9 Å². The Morgan fingerprint density at radius 1 is 0.500 bits per heavy atom. The molecule has 0 aromatic heterocycles. The summed E-state index contributed by atoms with van der Waals surface area (Å²) in [7, 11) is -0.446. The van der Waals surface area contributed by atoms with Gasteiger partial charge in [0.1, 0.15) is 17.2 Å². The average molecular weight is 656 g/mol. The average Bonchev–Trinajstić information content (AvgIpc) is 3.03. The van der Waals surface area contributed by atoms with Crippen molar-refractivity contribution in [3.63, 3.8) is 0 Å². The van der Waals surface area contributed by atoms with Gasteiger partial charge in [0.25, 0.3) is 0 Å². The summed E-state index contributed by atoms with van der Waals surface area (Å²) in [5.74, 6) is 1.58. The van der Waals surface area contributed by atoms with E-state index in [1.807, 2.05) is 72.8 Å². The summed E-state index contributed by atoms with van der Waals surface area (Å²) >= 11 is 1.61. The van der Waals surface area contributed by atoms with Gasteiger partial charge in [0, 0.05) is 20.9 Å². The molecule has 0 heterocycles. The Labute approximate surface area is 275 Å². The largest absolute Gasteiger partial charge is 0.465 e. The third-order valence-electron chi connectivity index (χ3n) is 6.57. The van der Waals surface area contributed by atoms with E-state index < -0.39 is 29.8 Å². The fourth-order valence-corrected chi connectivity index (χ4v) is 7.47. The van der Waals surface area contributed by atoms with Crippen LogP contribution in [0.1, 0.15) is 36.7 Å². The lowest BCUT2D eigenvalue weighted by molar-refractivity contribution is -0.000906. The molecule has 0 saturated carbocycles. The number of hydrogen-bond donors (Lipinski definition) is 3. The van der Waals surface area contributed by atoms with Gasteiger partial charge < -0.3 is 29.5 Å². The Balaban J connectivity index is 1.32. The van der Waals surface area contributed by atoms with E-state index in [1.54, 1.807) is 49.9 Å². The first-order valence-corrected chi connectivity index (χ1v) is 16.7. The first-order valence-electron chi connectivity index (χ1n) is 14.7. The molecule has 5 aromatic carbocycles. The lowest BCUT2D eigenvalue weighted by atomic mass is 10.0. The molecule has 0 spiro atoms. The first kappa shape index (κ1) is 33.1. The van der Waals surface area contributed by atoms with Gasteiger partial charge in [-0.15, -0.1) is 0 Å². The van der Waals surface area contributed by atoms with E-state index in [0.717, 1.165) is 24.5 Å². The second-order valence-corrected chi connectivity index (χ2v) is 13.5. The number of carbonyl (C=O) groups is 1. The van der Waals surface area contributed by atoms with Crippen LogP contribution in [0.25, 0.3) is 0 Å². The molecule has 0 aliphatic carbocycles. The first-order chi connectivity index (χ1) is 22.1. The van der Waals surface area contributed by atoms with Gasteiger partial charge in [0.15, 0.2) is 39.3 Å². The zero-order chi connectivity index (χ0) is 32.6. The lowest BCUT2D eigenvalue weighted by Gasteiger charge is -2.12. The molecule has 5 rings (SSSR count). The zero-order valence-electron chi connectivity index (χ0n) is 25.6. The van der Waals surface area contributed by atoms with Crippen molar-refractivity contribution in [2.75, 3.05) is 0 Å². The minimum absolute atomic E-state index is 0.0903. The third-order valence-corrected chi connectivity index (χ3v) is 9.81. The standard InChI is InChI=1S/C37H35O7S2/c1-24(38)42-29-8-4-27(5-9-29)37(41)28-6-14-32(15-7-28)45-33-16-22-36(23-17-33)46(34-18-10-30(11-19-34)43-25(2)39)35-20-12-31(13-21-35)44-26(3)40/h4-26,38-40H,1-3H3/q+1. The number of rotatable bonds is 13. The van der Waals surface area contributed by atoms with Crippen molar-refractivity contribution in [1.82, 2.24) is 0 Å². The van der Waals surface area contributed by atoms with Gasteiger partial charge in [-0.05, 0) is 142 Å². The minimum atomic E-state index is -0.922. The van der Waals surface area contributed by atoms with Crippen LogP contribution < -0.4 is 14.2 Å². The van der Waals surface area contributed by atoms with Gasteiger partial charge in [0.2, 0.25) is 0 Å². The minimum Gasteiger partial charge on any atom is -0.465 e. The highest BCUT2D eigenvalue weighted by atomic mass is 32.2. The summed E-state index contributed by atoms with van der Waals surface area (Å²) in [5.41, 5.74) is 1.13. The number of hydrogen-bond acceptors (Lipinski definition) is 8. The summed E-state index contributed by atoms with van der Waals surface area (Å²) in [6, 6.07) is 38.1. The SMILES string of the molecule is CC(O)Oc1ccc(C(=O)c2ccc(Sc3ccc([S+](c4ccc(OC(C)O)cc4)c4ccc(OC(C)O)cc4)cc3)cc2)cc1. The molecular weight excluding hydrogens is 621 g/mol. The topological polar surface area (TPSA) is 105 Å². The van der Waals surface area contributed by atoms with Crippen molar-refractivity contribution >= 4 is 28.4 Å². The maximum absolute atomic E-state index is 13.0. The van der Waals surface area contributed by atoms with Crippen molar-refractivity contribution in [3.8, 4) is 17.2 Å². The monoisotopic (exact) mass is 655 g/mol. The Hall–Kier alpha value is -4.25. The predicted molar refractivity (Wildman–Crippen MR) is 179 cm³/mol. The van der Waals surface area contributed by atoms with Crippen LogP contribution in [0.5, 0.6) is 17.2 Å². The fourth-order valence-electron chi connectivity index (χ4n) is 4.61. The van der Waals surface area contributed by atoms with Crippen LogP contribution in [0.2, 0.25) is 0 Å². The summed E-state index contributed by atoms with van der Waals surface area (Å²) < 4.78 is 16.1. The second kappa shape index (κ2) is 15.4. The Kier molecular flexibility index (Phi) is 11.1. The van der Waals surface area contributed by atoms with Crippen molar-refractivity contribution in [3.05, 3.63) is 132 Å². The van der Waals surface area contributed by atoms with Crippen LogP contribution in [-0.2, 0) is 10.9 Å². The molecule has 0 radical (unpaired) electrons. The van der Waals surface area contributed by atoms with Crippen LogP contribution >= 0.6 is 11.8 Å². The second-order valence-electron chi connectivity index (χ2n) is 10.4. The van der Waals surface area contributed by atoms with E-state index >= 15 is 0 Å². The molecule has 3 unspecified atom stereocenters. The molecule has 0 amide bonds. The highest BCUT2D eigenvalue weighted by Crippen LogP contribution is 2.35. The lowest BCUT2D eigenvalue weighted by Crippen LogP contribution is -2.10. The summed E-state index contributed by atoms with van der Waals surface area (Å²) in [4.78, 5) is 18.3. The van der Waals surface area contributed by atoms with Gasteiger partial charge in [-0.25, -0.2) is 0 Å². The maximum Gasteiger partial charge on any atom is 0.194 e. The highest BCUT2D eigenvalue weighted by molar-refractivity contribution is 7.99.